The molecule has 5 nitrogen and oxygen atoms in total. The van der Waals surface area contributed by atoms with E-state index in [1.807, 2.05) is 31.2 Å². The van der Waals surface area contributed by atoms with E-state index < -0.39 is 0 Å². The molecule has 0 atom stereocenters. The third-order valence-electron chi connectivity index (χ3n) is 3.36. The van der Waals surface area contributed by atoms with Crippen molar-refractivity contribution >= 4 is 5.78 Å². The maximum absolute atomic E-state index is 11.8. The van der Waals surface area contributed by atoms with Crippen molar-refractivity contribution in [2.75, 3.05) is 0 Å². The number of furan rings is 1. The molecule has 0 amide bonds. The number of rotatable bonds is 3. The molecule has 22 heavy (non-hydrogen) atoms. The van der Waals surface area contributed by atoms with Crippen LogP contribution in [0.15, 0.2) is 47.1 Å². The van der Waals surface area contributed by atoms with Gasteiger partial charge in [-0.3, -0.25) is 4.79 Å². The van der Waals surface area contributed by atoms with Gasteiger partial charge in [-0.1, -0.05) is 17.7 Å². The molecule has 108 valence electrons. The summed E-state index contributed by atoms with van der Waals surface area (Å²) in [5, 5.41) is 13.8. The highest BCUT2D eigenvalue weighted by molar-refractivity contribution is 5.96. The van der Waals surface area contributed by atoms with E-state index in [1.165, 1.54) is 13.2 Å². The fourth-order valence-corrected chi connectivity index (χ4v) is 2.28. The number of ketones is 1. The zero-order valence-electron chi connectivity index (χ0n) is 12.2. The van der Waals surface area contributed by atoms with Crippen LogP contribution in [0.4, 0.5) is 0 Å². The Morgan fingerprint density at radius 2 is 2.00 bits per heavy atom. The minimum Gasteiger partial charge on any atom is -0.463 e. The van der Waals surface area contributed by atoms with Crippen molar-refractivity contribution in [3.63, 3.8) is 0 Å². The highest BCUT2D eigenvalue weighted by Crippen LogP contribution is 2.29. The van der Waals surface area contributed by atoms with E-state index in [0.717, 1.165) is 11.3 Å². The SMILES string of the molecule is CC(=O)c1nn(-c2ccc(C)cc2)c(-c2ccco2)c1C#N. The number of Topliss-reactive ketones (excluding diaryl/α,β-unsaturated/α-hetero) is 1. The number of aryl methyl sites for hydroxylation is 1. The van der Waals surface area contributed by atoms with Crippen LogP contribution in [-0.2, 0) is 0 Å². The molecule has 2 heterocycles. The molecule has 1 aromatic carbocycles. The van der Waals surface area contributed by atoms with Crippen molar-refractivity contribution < 1.29 is 9.21 Å². The molecule has 0 saturated heterocycles. The van der Waals surface area contributed by atoms with Gasteiger partial charge in [0.2, 0.25) is 0 Å². The molecule has 0 saturated carbocycles. The molecule has 0 radical (unpaired) electrons. The van der Waals surface area contributed by atoms with E-state index in [2.05, 4.69) is 11.2 Å². The highest BCUT2D eigenvalue weighted by Gasteiger charge is 2.24. The second-order valence-corrected chi connectivity index (χ2v) is 4.96. The molecule has 0 aliphatic heterocycles. The lowest BCUT2D eigenvalue weighted by Crippen LogP contribution is -2.00. The molecule has 0 N–H and O–H groups in total. The summed E-state index contributed by atoms with van der Waals surface area (Å²) in [6, 6.07) is 13.2. The molecular weight excluding hydrogens is 278 g/mol. The summed E-state index contributed by atoms with van der Waals surface area (Å²) >= 11 is 0. The largest absolute Gasteiger partial charge is 0.463 e. The van der Waals surface area contributed by atoms with E-state index in [1.54, 1.807) is 16.8 Å². The van der Waals surface area contributed by atoms with Crippen molar-refractivity contribution in [2.24, 2.45) is 0 Å². The third kappa shape index (κ3) is 2.21. The first kappa shape index (κ1) is 13.8. The van der Waals surface area contributed by atoms with Gasteiger partial charge in [0.25, 0.3) is 0 Å². The Balaban J connectivity index is 2.32. The maximum Gasteiger partial charge on any atom is 0.181 e. The highest BCUT2D eigenvalue weighted by atomic mass is 16.3. The van der Waals surface area contributed by atoms with Gasteiger partial charge in [-0.2, -0.15) is 10.4 Å². The van der Waals surface area contributed by atoms with Gasteiger partial charge in [0.1, 0.15) is 23.0 Å². The lowest BCUT2D eigenvalue weighted by molar-refractivity contribution is 0.101. The van der Waals surface area contributed by atoms with E-state index in [4.69, 9.17) is 4.42 Å². The van der Waals surface area contributed by atoms with Gasteiger partial charge in [-0.05, 0) is 31.2 Å². The Morgan fingerprint density at radius 3 is 2.55 bits per heavy atom. The van der Waals surface area contributed by atoms with E-state index >= 15 is 0 Å². The van der Waals surface area contributed by atoms with Crippen molar-refractivity contribution in [3.8, 4) is 23.2 Å². The predicted octanol–water partition coefficient (Wildman–Crippen LogP) is 3.52. The van der Waals surface area contributed by atoms with E-state index in [-0.39, 0.29) is 17.0 Å². The zero-order valence-corrected chi connectivity index (χ0v) is 12.2. The molecule has 3 rings (SSSR count). The molecule has 3 aromatic rings. The minimum atomic E-state index is -0.254. The number of hydrogen-bond acceptors (Lipinski definition) is 4. The fraction of sp³-hybridized carbons (Fsp3) is 0.118. The van der Waals surface area contributed by atoms with Gasteiger partial charge in [0, 0.05) is 6.92 Å². The number of nitrogens with zero attached hydrogens (tertiary/aromatic N) is 3. The van der Waals surface area contributed by atoms with Crippen LogP contribution in [0.2, 0.25) is 0 Å². The molecule has 0 bridgehead atoms. The normalized spacial score (nSPS) is 10.4. The summed E-state index contributed by atoms with van der Waals surface area (Å²) in [7, 11) is 0. The maximum atomic E-state index is 11.8. The van der Waals surface area contributed by atoms with Crippen molar-refractivity contribution in [1.29, 1.82) is 5.26 Å². The summed E-state index contributed by atoms with van der Waals surface area (Å²) in [5.74, 6) is 0.243. The second-order valence-electron chi connectivity index (χ2n) is 4.96. The lowest BCUT2D eigenvalue weighted by Gasteiger charge is -2.06. The van der Waals surface area contributed by atoms with Crippen LogP contribution in [0.25, 0.3) is 17.1 Å². The molecule has 2 aromatic heterocycles. The Bertz CT molecular complexity index is 866. The van der Waals surface area contributed by atoms with Gasteiger partial charge in [0.15, 0.2) is 11.5 Å². The van der Waals surface area contributed by atoms with Gasteiger partial charge < -0.3 is 4.42 Å². The van der Waals surface area contributed by atoms with Crippen LogP contribution in [0.5, 0.6) is 0 Å². The number of hydrogen-bond donors (Lipinski definition) is 0. The molecule has 0 aliphatic carbocycles. The Morgan fingerprint density at radius 1 is 1.27 bits per heavy atom. The van der Waals surface area contributed by atoms with Crippen molar-refractivity contribution in [2.45, 2.75) is 13.8 Å². The summed E-state index contributed by atoms with van der Waals surface area (Å²) in [6.07, 6.45) is 1.52. The van der Waals surface area contributed by atoms with Crippen molar-refractivity contribution in [1.82, 2.24) is 9.78 Å². The number of aromatic nitrogens is 2. The summed E-state index contributed by atoms with van der Waals surface area (Å²) < 4.78 is 6.99. The number of carbonyl (C=O) groups excluding carboxylic acids is 1. The molecule has 5 heteroatoms. The average molecular weight is 291 g/mol. The molecule has 0 fully saturated rings. The predicted molar refractivity (Wildman–Crippen MR) is 80.7 cm³/mol. The van der Waals surface area contributed by atoms with Crippen LogP contribution in [0.3, 0.4) is 0 Å². The zero-order chi connectivity index (χ0) is 15.7. The van der Waals surface area contributed by atoms with Crippen LogP contribution in [-0.4, -0.2) is 15.6 Å². The summed E-state index contributed by atoms with van der Waals surface area (Å²) in [4.78, 5) is 11.8. The Kier molecular flexibility index (Phi) is 3.36. The van der Waals surface area contributed by atoms with Crippen molar-refractivity contribution in [3.05, 3.63) is 59.5 Å². The van der Waals surface area contributed by atoms with Crippen LogP contribution >= 0.6 is 0 Å². The van der Waals surface area contributed by atoms with Gasteiger partial charge in [-0.25, -0.2) is 4.68 Å². The molecule has 0 unspecified atom stereocenters. The summed E-state index contributed by atoms with van der Waals surface area (Å²) in [5.41, 5.74) is 2.74. The van der Waals surface area contributed by atoms with Gasteiger partial charge >= 0.3 is 0 Å². The minimum absolute atomic E-state index is 0.148. The third-order valence-corrected chi connectivity index (χ3v) is 3.36. The fourth-order valence-electron chi connectivity index (χ4n) is 2.28. The molecular formula is C17H13N3O2. The van der Waals surface area contributed by atoms with E-state index in [0.29, 0.717) is 11.5 Å². The van der Waals surface area contributed by atoms with Gasteiger partial charge in [-0.15, -0.1) is 0 Å². The number of benzene rings is 1. The number of carbonyl (C=O) groups is 1. The Labute approximate surface area is 127 Å². The first-order valence-corrected chi connectivity index (χ1v) is 6.77. The average Bonchev–Trinajstić information content (AvgIpc) is 3.14. The molecule has 0 aliphatic rings. The lowest BCUT2D eigenvalue weighted by atomic mass is 10.1. The van der Waals surface area contributed by atoms with Crippen LogP contribution in [0, 0.1) is 18.3 Å². The quantitative estimate of drug-likeness (QED) is 0.692. The smallest absolute Gasteiger partial charge is 0.181 e. The molecule has 0 spiro atoms. The summed E-state index contributed by atoms with van der Waals surface area (Å²) in [6.45, 7) is 3.39. The topological polar surface area (TPSA) is 71.8 Å². The second kappa shape index (κ2) is 5.34. The Hall–Kier alpha value is -3.13. The standard InChI is InChI=1S/C17H13N3O2/c1-11-5-7-13(8-6-11)20-17(15-4-3-9-22-15)14(10-18)16(19-20)12(2)21/h3-9H,1-2H3. The first-order valence-electron chi connectivity index (χ1n) is 6.77. The number of nitriles is 1. The van der Waals surface area contributed by atoms with Crippen LogP contribution in [0.1, 0.15) is 28.5 Å². The van der Waals surface area contributed by atoms with Gasteiger partial charge in [0.05, 0.1) is 12.0 Å². The van der Waals surface area contributed by atoms with E-state index in [9.17, 15) is 10.1 Å². The first-order chi connectivity index (χ1) is 10.6. The van der Waals surface area contributed by atoms with Crippen LogP contribution < -0.4 is 0 Å². The monoisotopic (exact) mass is 291 g/mol.